The zero-order valence-corrected chi connectivity index (χ0v) is 43.0. The van der Waals surface area contributed by atoms with E-state index < -0.39 is 11.9 Å². The molecule has 0 saturated carbocycles. The van der Waals surface area contributed by atoms with Gasteiger partial charge in [0.25, 0.3) is 11.8 Å². The van der Waals surface area contributed by atoms with Crippen LogP contribution in [0.1, 0.15) is 81.3 Å². The molecule has 3 fully saturated rings. The number of carbonyl (C=O) groups excluding carboxylic acids is 5. The Hall–Kier alpha value is -7.69. The van der Waals surface area contributed by atoms with Crippen molar-refractivity contribution in [2.45, 2.75) is 63.8 Å². The number of aromatic nitrogens is 6. The standard InChI is InChI=1S/C56H64N12O9/c69-52-15-14-48(55(72)61-52)67-37-43-42(56(67)73)5-3-8-49(43)77-38-40-12-10-39(11-13-40)36-65-26-24-64(25-27-65)28-30-75-32-34-76-33-31-74-29-19-53(70)66-22-17-41(18-23-66)47-35-51(68(63-47)50-9-1-2-20-57-50)60-54(71)46-7-4-6-44(59-46)45-16-21-58-62-45/h1-13,16,20-21,35,41,48H,14-15,17-19,22-34,36-38H2,(H,58,62)(H,60,71)(H,61,69,72). The van der Waals surface area contributed by atoms with Gasteiger partial charge in [-0.25, -0.2) is 9.97 Å². The zero-order chi connectivity index (χ0) is 52.9. The third-order valence-corrected chi connectivity index (χ3v) is 14.4. The fourth-order valence-corrected chi connectivity index (χ4v) is 10.1. The summed E-state index contributed by atoms with van der Waals surface area (Å²) in [6.07, 6.45) is 5.62. The van der Waals surface area contributed by atoms with E-state index in [9.17, 15) is 24.0 Å². The summed E-state index contributed by atoms with van der Waals surface area (Å²) in [5.74, 6) is 0.493. The predicted octanol–water partition coefficient (Wildman–Crippen LogP) is 4.61. The summed E-state index contributed by atoms with van der Waals surface area (Å²) in [4.78, 5) is 81.2. The van der Waals surface area contributed by atoms with Crippen molar-refractivity contribution in [2.24, 2.45) is 0 Å². The van der Waals surface area contributed by atoms with Crippen LogP contribution in [0, 0.1) is 0 Å². The van der Waals surface area contributed by atoms with Gasteiger partial charge in [-0.05, 0) is 72.9 Å². The highest BCUT2D eigenvalue weighted by atomic mass is 16.5. The van der Waals surface area contributed by atoms with E-state index in [-0.39, 0.29) is 48.2 Å². The third-order valence-electron chi connectivity index (χ3n) is 14.4. The lowest BCUT2D eigenvalue weighted by atomic mass is 9.93. The number of nitrogens with zero attached hydrogens (tertiary/aromatic N) is 9. The number of piperazine rings is 1. The third kappa shape index (κ3) is 13.5. The number of fused-ring (bicyclic) bond motifs is 1. The van der Waals surface area contributed by atoms with Gasteiger partial charge in [-0.2, -0.15) is 14.9 Å². The van der Waals surface area contributed by atoms with Gasteiger partial charge in [0, 0.05) is 94.3 Å². The molecule has 0 aliphatic carbocycles. The molecule has 10 rings (SSSR count). The van der Waals surface area contributed by atoms with Crippen molar-refractivity contribution in [3.63, 3.8) is 0 Å². The summed E-state index contributed by atoms with van der Waals surface area (Å²) >= 11 is 0. The summed E-state index contributed by atoms with van der Waals surface area (Å²) in [6.45, 7) is 10.2. The van der Waals surface area contributed by atoms with E-state index in [1.807, 2.05) is 41.3 Å². The predicted molar refractivity (Wildman–Crippen MR) is 282 cm³/mol. The van der Waals surface area contributed by atoms with Crippen LogP contribution in [-0.4, -0.2) is 171 Å². The highest BCUT2D eigenvalue weighted by molar-refractivity contribution is 6.06. The minimum absolute atomic E-state index is 0.0586. The Balaban J connectivity index is 0.556. The highest BCUT2D eigenvalue weighted by Crippen LogP contribution is 2.35. The van der Waals surface area contributed by atoms with Gasteiger partial charge in [0.05, 0.1) is 69.7 Å². The summed E-state index contributed by atoms with van der Waals surface area (Å²) < 4.78 is 25.2. The molecule has 1 unspecified atom stereocenters. The SMILES string of the molecule is O=C1CCC(N2Cc3c(OCc4ccc(CN5CCN(CCOCCOCCOCCC(=O)N6CCC(c7cc(NC(=O)c8cccc(-c9ccn[nH]9)n8)n(-c8ccccn8)n7)CC6)CC5)cc4)cccc3C2=O)C(=O)N1. The van der Waals surface area contributed by atoms with E-state index in [2.05, 4.69) is 64.9 Å². The Morgan fingerprint density at radius 2 is 1.49 bits per heavy atom. The van der Waals surface area contributed by atoms with Crippen LogP contribution in [-0.2, 0) is 48.3 Å². The number of nitrogens with one attached hydrogen (secondary N) is 3. The van der Waals surface area contributed by atoms with Crippen molar-refractivity contribution in [3.8, 4) is 23.0 Å². The van der Waals surface area contributed by atoms with Crippen molar-refractivity contribution >= 4 is 35.4 Å². The van der Waals surface area contributed by atoms with Gasteiger partial charge in [0.1, 0.15) is 29.9 Å². The number of imide groups is 1. The number of hydrogen-bond acceptors (Lipinski definition) is 15. The lowest BCUT2D eigenvalue weighted by Crippen LogP contribution is -2.52. The molecule has 21 nitrogen and oxygen atoms in total. The topological polar surface area (TPSA) is 232 Å². The molecule has 0 spiro atoms. The number of carbonyl (C=O) groups is 5. The Bertz CT molecular complexity index is 2970. The Morgan fingerprint density at radius 1 is 0.740 bits per heavy atom. The van der Waals surface area contributed by atoms with Gasteiger partial charge < -0.3 is 34.1 Å². The number of rotatable bonds is 23. The van der Waals surface area contributed by atoms with Crippen LogP contribution >= 0.6 is 0 Å². The quantitative estimate of drug-likeness (QED) is 0.0588. The first-order valence-corrected chi connectivity index (χ1v) is 26.4. The van der Waals surface area contributed by atoms with Crippen molar-refractivity contribution in [1.82, 2.24) is 54.9 Å². The number of likely N-dealkylation sites (tertiary alicyclic amines) is 1. The second-order valence-electron chi connectivity index (χ2n) is 19.5. The number of piperidine rings is 2. The molecule has 21 heteroatoms. The molecule has 8 heterocycles. The van der Waals surface area contributed by atoms with Crippen LogP contribution in [0.25, 0.3) is 17.2 Å². The number of pyridine rings is 2. The molecule has 402 valence electrons. The highest BCUT2D eigenvalue weighted by Gasteiger charge is 2.40. The van der Waals surface area contributed by atoms with Crippen molar-refractivity contribution < 1.29 is 42.9 Å². The van der Waals surface area contributed by atoms with Gasteiger partial charge in [-0.3, -0.25) is 44.2 Å². The van der Waals surface area contributed by atoms with Crippen LogP contribution in [0.2, 0.25) is 0 Å². The maximum absolute atomic E-state index is 13.5. The first kappa shape index (κ1) is 52.7. The molecule has 0 bridgehead atoms. The molecule has 77 heavy (non-hydrogen) atoms. The van der Waals surface area contributed by atoms with Crippen LogP contribution in [0.4, 0.5) is 5.82 Å². The van der Waals surface area contributed by atoms with E-state index in [0.29, 0.717) is 107 Å². The smallest absolute Gasteiger partial charge is 0.275 e. The van der Waals surface area contributed by atoms with Crippen LogP contribution < -0.4 is 15.4 Å². The molecule has 6 aromatic rings. The summed E-state index contributed by atoms with van der Waals surface area (Å²) in [5, 5.41) is 17.1. The van der Waals surface area contributed by atoms with Crippen molar-refractivity contribution in [2.75, 3.05) is 90.8 Å². The lowest BCUT2D eigenvalue weighted by molar-refractivity contribution is -0.137. The number of aromatic amines is 1. The number of H-pyrrole nitrogens is 1. The maximum atomic E-state index is 13.5. The Morgan fingerprint density at radius 3 is 2.25 bits per heavy atom. The minimum Gasteiger partial charge on any atom is -0.489 e. The normalized spacial score (nSPS) is 17.4. The van der Waals surface area contributed by atoms with Gasteiger partial charge >= 0.3 is 0 Å². The van der Waals surface area contributed by atoms with Crippen molar-refractivity contribution in [3.05, 3.63) is 137 Å². The van der Waals surface area contributed by atoms with E-state index in [1.165, 1.54) is 10.5 Å². The van der Waals surface area contributed by atoms with Crippen molar-refractivity contribution in [1.29, 1.82) is 0 Å². The average molecular weight is 1050 g/mol. The molecule has 4 aliphatic heterocycles. The fourth-order valence-electron chi connectivity index (χ4n) is 10.1. The van der Waals surface area contributed by atoms with E-state index in [1.54, 1.807) is 47.4 Å². The largest absolute Gasteiger partial charge is 0.489 e. The molecular formula is C56H64N12O9. The monoisotopic (exact) mass is 1050 g/mol. The zero-order valence-electron chi connectivity index (χ0n) is 43.0. The van der Waals surface area contributed by atoms with Crippen LogP contribution in [0.15, 0.2) is 103 Å². The van der Waals surface area contributed by atoms with Gasteiger partial charge in [0.2, 0.25) is 17.7 Å². The molecular weight excluding hydrogens is 985 g/mol. The van der Waals surface area contributed by atoms with Gasteiger partial charge in [-0.1, -0.05) is 42.5 Å². The molecule has 2 aromatic carbocycles. The molecule has 3 saturated heterocycles. The van der Waals surface area contributed by atoms with E-state index >= 15 is 0 Å². The number of ether oxygens (including phenoxy) is 4. The Labute approximate surface area is 446 Å². The molecule has 3 N–H and O–H groups in total. The summed E-state index contributed by atoms with van der Waals surface area (Å²) in [5.41, 5.74) is 5.93. The minimum atomic E-state index is -0.667. The van der Waals surface area contributed by atoms with Gasteiger partial charge in [0.15, 0.2) is 5.82 Å². The summed E-state index contributed by atoms with van der Waals surface area (Å²) in [7, 11) is 0. The molecule has 1 atom stereocenters. The summed E-state index contributed by atoms with van der Waals surface area (Å²) in [6, 6.07) is 27.6. The molecule has 0 radical (unpaired) electrons. The number of hydrogen-bond donors (Lipinski definition) is 3. The second kappa shape index (κ2) is 25.4. The van der Waals surface area contributed by atoms with Gasteiger partial charge in [-0.15, -0.1) is 0 Å². The maximum Gasteiger partial charge on any atom is 0.275 e. The average Bonchev–Trinajstić information content (AvgIpc) is 4.29. The fraction of sp³-hybridized carbons (Fsp3) is 0.411. The number of amides is 5. The number of benzene rings is 2. The lowest BCUT2D eigenvalue weighted by Gasteiger charge is -2.34. The molecule has 4 aromatic heterocycles. The van der Waals surface area contributed by atoms with Crippen LogP contribution in [0.3, 0.4) is 0 Å². The molecule has 4 aliphatic rings. The first-order valence-electron chi connectivity index (χ1n) is 26.4. The first-order chi connectivity index (χ1) is 37.7. The second-order valence-corrected chi connectivity index (χ2v) is 19.5. The Kier molecular flexibility index (Phi) is 17.4. The molecule has 5 amide bonds. The van der Waals surface area contributed by atoms with Crippen LogP contribution in [0.5, 0.6) is 5.75 Å². The van der Waals surface area contributed by atoms with E-state index in [4.69, 9.17) is 24.0 Å². The number of anilines is 1. The van der Waals surface area contributed by atoms with E-state index in [0.717, 1.165) is 68.9 Å².